The molecule has 1 unspecified atom stereocenters. The van der Waals surface area contributed by atoms with Gasteiger partial charge in [-0.1, -0.05) is 16.9 Å². The third-order valence-corrected chi connectivity index (χ3v) is 7.34. The quantitative estimate of drug-likeness (QED) is 0.0612. The van der Waals surface area contributed by atoms with E-state index in [2.05, 4.69) is 25.4 Å². The predicted molar refractivity (Wildman–Crippen MR) is 121 cm³/mol. The van der Waals surface area contributed by atoms with Crippen LogP contribution in [0.4, 0.5) is 0 Å². The van der Waals surface area contributed by atoms with Crippen molar-refractivity contribution < 1.29 is 29.1 Å². The number of nitrogens with zero attached hydrogens (tertiary/aromatic N) is 4. The number of aromatic amines is 1. The smallest absolute Gasteiger partial charge is 0.352 e. The standard InChI is InChI=1S/C17H17ClN6O8S2/c1-23-17(20-12(27)13(28)21-23)34-5-6-4-33-15-9(14(29)24(15)10(6)16(30)31)19-11(26)8(22-32-2)7(25)3-18/h9,15H,3-5H2,1-2H3,(H,19,26)(H,21,28)(H,30,31)/t9-,15?/m1/s1. The highest BCUT2D eigenvalue weighted by atomic mass is 35.5. The lowest BCUT2D eigenvalue weighted by Crippen LogP contribution is -2.71. The van der Waals surface area contributed by atoms with E-state index in [1.54, 1.807) is 0 Å². The van der Waals surface area contributed by atoms with Gasteiger partial charge >= 0.3 is 17.1 Å². The van der Waals surface area contributed by atoms with Crippen molar-refractivity contribution in [2.45, 2.75) is 16.6 Å². The average Bonchev–Trinajstić information content (AvgIpc) is 2.80. The summed E-state index contributed by atoms with van der Waals surface area (Å²) in [6.45, 7) is 0. The number of thioether (sulfide) groups is 2. The topological polar surface area (TPSA) is 193 Å². The molecule has 2 amide bonds. The highest BCUT2D eigenvalue weighted by Gasteiger charge is 2.54. The predicted octanol–water partition coefficient (Wildman–Crippen LogP) is -1.89. The lowest BCUT2D eigenvalue weighted by atomic mass is 10.0. The van der Waals surface area contributed by atoms with Crippen LogP contribution < -0.4 is 16.4 Å². The van der Waals surface area contributed by atoms with Crippen molar-refractivity contribution in [2.24, 2.45) is 12.2 Å². The maximum atomic E-state index is 12.7. The molecule has 3 N–H and O–H groups in total. The first kappa shape index (κ1) is 25.5. The van der Waals surface area contributed by atoms with Crippen molar-refractivity contribution in [1.82, 2.24) is 25.0 Å². The molecule has 1 saturated heterocycles. The fraction of sp³-hybridized carbons (Fsp3) is 0.412. The zero-order valence-corrected chi connectivity index (χ0v) is 20.0. The zero-order valence-electron chi connectivity index (χ0n) is 17.6. The Morgan fingerprint density at radius 1 is 1.38 bits per heavy atom. The minimum Gasteiger partial charge on any atom is -0.477 e. The summed E-state index contributed by atoms with van der Waals surface area (Å²) >= 11 is 7.68. The van der Waals surface area contributed by atoms with Crippen LogP contribution >= 0.6 is 35.1 Å². The minimum absolute atomic E-state index is 0.0728. The van der Waals surface area contributed by atoms with Gasteiger partial charge in [-0.2, -0.15) is 4.98 Å². The first-order valence-electron chi connectivity index (χ1n) is 9.32. The number of carboxylic acid groups (broad SMARTS) is 1. The Balaban J connectivity index is 1.78. The second-order valence-corrected chi connectivity index (χ2v) is 9.10. The zero-order chi connectivity index (χ0) is 25.2. The van der Waals surface area contributed by atoms with Gasteiger partial charge in [0, 0.05) is 18.6 Å². The van der Waals surface area contributed by atoms with Gasteiger partial charge in [0.15, 0.2) is 5.16 Å². The third-order valence-electron chi connectivity index (χ3n) is 4.64. The number of oxime groups is 1. The van der Waals surface area contributed by atoms with Crippen molar-refractivity contribution in [3.05, 3.63) is 32.0 Å². The summed E-state index contributed by atoms with van der Waals surface area (Å²) in [5.41, 5.74) is -2.35. The van der Waals surface area contributed by atoms with E-state index >= 15 is 0 Å². The number of aliphatic carboxylic acids is 1. The van der Waals surface area contributed by atoms with Crippen LogP contribution in [0.5, 0.6) is 0 Å². The van der Waals surface area contributed by atoms with Crippen molar-refractivity contribution in [2.75, 3.05) is 24.5 Å². The molecule has 34 heavy (non-hydrogen) atoms. The SMILES string of the molecule is CON=C(C(=O)CCl)C(=O)N[C@@H]1C(=O)N2C(C(=O)O)=C(CSc3nc(=O)c(=O)[nH]n3C)CSC12. The van der Waals surface area contributed by atoms with E-state index < -0.39 is 57.7 Å². The second kappa shape index (κ2) is 10.4. The minimum atomic E-state index is -1.35. The molecule has 0 saturated carbocycles. The number of hydrogen-bond acceptors (Lipinski definition) is 11. The molecule has 1 fully saturated rings. The van der Waals surface area contributed by atoms with Crippen LogP contribution in [0.15, 0.2) is 31.2 Å². The molecule has 17 heteroatoms. The van der Waals surface area contributed by atoms with Gasteiger partial charge in [0.05, 0.1) is 5.88 Å². The average molecular weight is 533 g/mol. The van der Waals surface area contributed by atoms with Gasteiger partial charge in [0.25, 0.3) is 11.8 Å². The molecule has 182 valence electrons. The number of aromatic nitrogens is 3. The number of halogens is 1. The van der Waals surface area contributed by atoms with Gasteiger partial charge in [-0.05, 0) is 5.57 Å². The number of alkyl halides is 1. The van der Waals surface area contributed by atoms with E-state index in [1.807, 2.05) is 0 Å². The molecular weight excluding hydrogens is 516 g/mol. The van der Waals surface area contributed by atoms with Gasteiger partial charge in [0.2, 0.25) is 11.5 Å². The lowest BCUT2D eigenvalue weighted by molar-refractivity contribution is -0.150. The van der Waals surface area contributed by atoms with Gasteiger partial charge in [-0.15, -0.1) is 23.4 Å². The van der Waals surface area contributed by atoms with Crippen molar-refractivity contribution >= 4 is 64.4 Å². The maximum Gasteiger partial charge on any atom is 0.352 e. The van der Waals surface area contributed by atoms with Crippen molar-refractivity contribution in [3.8, 4) is 0 Å². The van der Waals surface area contributed by atoms with Crippen LogP contribution in [0.3, 0.4) is 0 Å². The molecule has 0 spiro atoms. The molecule has 1 aromatic rings. The Bertz CT molecular complexity index is 1240. The molecule has 3 rings (SSSR count). The van der Waals surface area contributed by atoms with Crippen LogP contribution in [0, 0.1) is 0 Å². The molecule has 14 nitrogen and oxygen atoms in total. The highest BCUT2D eigenvalue weighted by molar-refractivity contribution is 8.01. The number of amides is 2. The number of aryl methyl sites for hydroxylation is 1. The third kappa shape index (κ3) is 4.88. The summed E-state index contributed by atoms with van der Waals surface area (Å²) in [4.78, 5) is 80.9. The van der Waals surface area contributed by atoms with E-state index in [1.165, 1.54) is 23.5 Å². The number of carbonyl (C=O) groups is 4. The molecule has 0 aromatic carbocycles. The molecule has 0 bridgehead atoms. The maximum absolute atomic E-state index is 12.7. The second-order valence-electron chi connectivity index (χ2n) is 6.79. The number of carbonyl (C=O) groups excluding carboxylic acids is 3. The molecule has 0 aliphatic carbocycles. The number of H-pyrrole nitrogens is 1. The van der Waals surface area contributed by atoms with Crippen LogP contribution in [-0.2, 0) is 31.1 Å². The Hall–Kier alpha value is -3.11. The summed E-state index contributed by atoms with van der Waals surface area (Å²) in [7, 11) is 2.60. The number of nitrogens with one attached hydrogen (secondary N) is 2. The summed E-state index contributed by atoms with van der Waals surface area (Å²) in [5, 5.41) is 17.2. The van der Waals surface area contributed by atoms with Crippen molar-refractivity contribution in [1.29, 1.82) is 0 Å². The van der Waals surface area contributed by atoms with E-state index in [0.717, 1.165) is 23.8 Å². The fourth-order valence-corrected chi connectivity index (χ4v) is 5.65. The first-order valence-corrected chi connectivity index (χ1v) is 11.9. The van der Waals surface area contributed by atoms with E-state index in [4.69, 9.17) is 11.6 Å². The number of ketones is 1. The summed E-state index contributed by atoms with van der Waals surface area (Å²) in [6.07, 6.45) is 0. The van der Waals surface area contributed by atoms with Gasteiger partial charge in [-0.25, -0.2) is 4.79 Å². The Morgan fingerprint density at radius 2 is 2.09 bits per heavy atom. The Morgan fingerprint density at radius 3 is 2.71 bits per heavy atom. The van der Waals surface area contributed by atoms with Crippen LogP contribution in [0.25, 0.3) is 0 Å². The Kier molecular flexibility index (Phi) is 7.83. The normalized spacial score (nSPS) is 19.9. The number of Topliss-reactive ketones (excluding diaryl/α,β-unsaturated/α-hetero) is 1. The van der Waals surface area contributed by atoms with Crippen LogP contribution in [0.2, 0.25) is 0 Å². The number of carboxylic acids is 1. The van der Waals surface area contributed by atoms with E-state index in [9.17, 15) is 33.9 Å². The van der Waals surface area contributed by atoms with Crippen molar-refractivity contribution in [3.63, 3.8) is 0 Å². The van der Waals surface area contributed by atoms with Gasteiger partial charge in [0.1, 0.15) is 24.2 Å². The summed E-state index contributed by atoms with van der Waals surface area (Å²) in [5.74, 6) is -4.07. The molecular formula is C17H17ClN6O8S2. The van der Waals surface area contributed by atoms with E-state index in [-0.39, 0.29) is 22.4 Å². The van der Waals surface area contributed by atoms with Gasteiger partial charge in [-0.3, -0.25) is 38.7 Å². The first-order chi connectivity index (χ1) is 16.1. The fourth-order valence-electron chi connectivity index (χ4n) is 3.12. The Labute approximate surface area is 203 Å². The lowest BCUT2D eigenvalue weighted by Gasteiger charge is -2.49. The number of hydrogen-bond donors (Lipinski definition) is 3. The van der Waals surface area contributed by atoms with Crippen LogP contribution in [0.1, 0.15) is 0 Å². The number of rotatable bonds is 9. The molecule has 2 atom stereocenters. The summed E-state index contributed by atoms with van der Waals surface area (Å²) in [6, 6.07) is -1.09. The molecule has 3 heterocycles. The van der Waals surface area contributed by atoms with E-state index in [0.29, 0.717) is 5.57 Å². The summed E-state index contributed by atoms with van der Waals surface area (Å²) < 4.78 is 1.23. The largest absolute Gasteiger partial charge is 0.477 e. The number of β-lactam (4-membered cyclic amide) rings is 1. The monoisotopic (exact) mass is 532 g/mol. The highest BCUT2D eigenvalue weighted by Crippen LogP contribution is 2.41. The number of fused-ring (bicyclic) bond motifs is 1. The molecule has 1 aromatic heterocycles. The molecule has 2 aliphatic heterocycles. The van der Waals surface area contributed by atoms with Gasteiger partial charge < -0.3 is 15.3 Å². The molecule has 0 radical (unpaired) electrons. The van der Waals surface area contributed by atoms with Crippen LogP contribution in [-0.4, -0.2) is 90.0 Å². The molecule has 2 aliphatic rings.